The third-order valence-electron chi connectivity index (χ3n) is 4.45. The van der Waals surface area contributed by atoms with E-state index in [0.717, 1.165) is 31.2 Å². The van der Waals surface area contributed by atoms with Crippen molar-refractivity contribution in [3.05, 3.63) is 69.7 Å². The molecule has 0 radical (unpaired) electrons. The van der Waals surface area contributed by atoms with Gasteiger partial charge in [-0.1, -0.05) is 42.1 Å². The highest BCUT2D eigenvalue weighted by Crippen LogP contribution is 2.37. The van der Waals surface area contributed by atoms with Crippen LogP contribution in [0.25, 0.3) is 31.6 Å². The molecule has 0 amide bonds. The Morgan fingerprint density at radius 1 is 1.07 bits per heavy atom. The van der Waals surface area contributed by atoms with E-state index in [1.54, 1.807) is 29.4 Å². The molecule has 5 aromatic rings. The number of aromatic amines is 1. The quantitative estimate of drug-likeness (QED) is 0.305. The Kier molecular flexibility index (Phi) is 4.46. The molecular weight excluding hydrogens is 408 g/mol. The maximum Gasteiger partial charge on any atom is 0.260 e. The minimum absolute atomic E-state index is 0.0441. The van der Waals surface area contributed by atoms with Gasteiger partial charge in [-0.25, -0.2) is 15.0 Å². The molecule has 1 atom stereocenters. The number of hydrogen-bond acceptors (Lipinski definition) is 7. The van der Waals surface area contributed by atoms with Gasteiger partial charge in [0, 0.05) is 16.3 Å². The largest absolute Gasteiger partial charge is 0.309 e. The van der Waals surface area contributed by atoms with Gasteiger partial charge in [0.15, 0.2) is 0 Å². The van der Waals surface area contributed by atoms with Crippen LogP contribution in [0.4, 0.5) is 0 Å². The number of H-pyrrole nitrogens is 1. The van der Waals surface area contributed by atoms with Gasteiger partial charge in [0.25, 0.3) is 5.56 Å². The minimum Gasteiger partial charge on any atom is -0.309 e. The highest BCUT2D eigenvalue weighted by atomic mass is 32.2. The molecule has 0 aliphatic heterocycles. The van der Waals surface area contributed by atoms with E-state index in [2.05, 4.69) is 15.0 Å². The highest BCUT2D eigenvalue weighted by Gasteiger charge is 2.18. The highest BCUT2D eigenvalue weighted by molar-refractivity contribution is 7.99. The summed E-state index contributed by atoms with van der Waals surface area (Å²) in [6, 6.07) is 12.0. The minimum atomic E-state index is -0.101. The first-order chi connectivity index (χ1) is 13.7. The van der Waals surface area contributed by atoms with Crippen molar-refractivity contribution in [3.8, 4) is 11.1 Å². The Morgan fingerprint density at radius 2 is 1.93 bits per heavy atom. The summed E-state index contributed by atoms with van der Waals surface area (Å²) in [5.74, 6) is 0.658. The van der Waals surface area contributed by atoms with Crippen LogP contribution in [0.2, 0.25) is 0 Å². The van der Waals surface area contributed by atoms with E-state index in [4.69, 9.17) is 4.98 Å². The Hall–Kier alpha value is -2.55. The van der Waals surface area contributed by atoms with Gasteiger partial charge in [0.05, 0.1) is 10.6 Å². The molecule has 4 aromatic heterocycles. The molecule has 1 N–H and O–H groups in total. The number of nitrogens with one attached hydrogen (secondary N) is 1. The fourth-order valence-electron chi connectivity index (χ4n) is 3.07. The second kappa shape index (κ2) is 7.12. The van der Waals surface area contributed by atoms with Gasteiger partial charge in [-0.3, -0.25) is 4.79 Å². The molecule has 5 rings (SSSR count). The summed E-state index contributed by atoms with van der Waals surface area (Å²) in [4.78, 5) is 31.0. The van der Waals surface area contributed by atoms with Crippen molar-refractivity contribution in [2.75, 3.05) is 0 Å². The topological polar surface area (TPSA) is 71.5 Å². The normalized spacial score (nSPS) is 12.6. The van der Waals surface area contributed by atoms with E-state index < -0.39 is 0 Å². The lowest BCUT2D eigenvalue weighted by Gasteiger charge is -2.10. The Morgan fingerprint density at radius 3 is 2.79 bits per heavy atom. The number of rotatable bonds is 4. The number of fused-ring (bicyclic) bond motifs is 2. The predicted molar refractivity (Wildman–Crippen MR) is 117 cm³/mol. The third-order valence-corrected chi connectivity index (χ3v) is 7.26. The molecular formula is C20H14N4OS3. The average molecular weight is 423 g/mol. The molecule has 0 spiro atoms. The number of nitrogens with zero attached hydrogens (tertiary/aromatic N) is 3. The summed E-state index contributed by atoms with van der Waals surface area (Å²) >= 11 is 4.67. The lowest BCUT2D eigenvalue weighted by molar-refractivity contribution is 0.922. The number of benzene rings is 1. The molecule has 0 saturated heterocycles. The van der Waals surface area contributed by atoms with Crippen molar-refractivity contribution in [2.45, 2.75) is 17.2 Å². The van der Waals surface area contributed by atoms with Crippen LogP contribution in [0.5, 0.6) is 0 Å². The molecule has 1 aromatic carbocycles. The van der Waals surface area contributed by atoms with Gasteiger partial charge >= 0.3 is 0 Å². The number of aromatic nitrogens is 4. The van der Waals surface area contributed by atoms with Gasteiger partial charge < -0.3 is 4.98 Å². The second-order valence-electron chi connectivity index (χ2n) is 6.23. The first-order valence-electron chi connectivity index (χ1n) is 8.62. The fraction of sp³-hybridized carbons (Fsp3) is 0.100. The van der Waals surface area contributed by atoms with Crippen molar-refractivity contribution in [1.82, 2.24) is 19.9 Å². The molecule has 0 fully saturated rings. The molecule has 0 bridgehead atoms. The lowest BCUT2D eigenvalue weighted by atomic mass is 10.1. The maximum atomic E-state index is 12.9. The van der Waals surface area contributed by atoms with Crippen molar-refractivity contribution in [2.24, 2.45) is 0 Å². The predicted octanol–water partition coefficient (Wildman–Crippen LogP) is 5.51. The third kappa shape index (κ3) is 3.03. The van der Waals surface area contributed by atoms with E-state index in [-0.39, 0.29) is 10.8 Å². The molecule has 0 saturated carbocycles. The van der Waals surface area contributed by atoms with Gasteiger partial charge in [-0.15, -0.1) is 22.7 Å². The van der Waals surface area contributed by atoms with Crippen LogP contribution in [-0.4, -0.2) is 19.9 Å². The van der Waals surface area contributed by atoms with Crippen LogP contribution in [0.1, 0.15) is 18.0 Å². The first kappa shape index (κ1) is 17.5. The molecule has 5 nitrogen and oxygen atoms in total. The van der Waals surface area contributed by atoms with Crippen molar-refractivity contribution in [3.63, 3.8) is 0 Å². The maximum absolute atomic E-state index is 12.9. The van der Waals surface area contributed by atoms with E-state index in [0.29, 0.717) is 11.2 Å². The van der Waals surface area contributed by atoms with Crippen LogP contribution in [0, 0.1) is 0 Å². The number of thiophene rings is 2. The van der Waals surface area contributed by atoms with Crippen molar-refractivity contribution >= 4 is 54.9 Å². The molecule has 4 heterocycles. The zero-order valence-corrected chi connectivity index (χ0v) is 17.2. The lowest BCUT2D eigenvalue weighted by Crippen LogP contribution is -2.12. The summed E-state index contributed by atoms with van der Waals surface area (Å²) < 4.78 is 0. The van der Waals surface area contributed by atoms with E-state index in [1.165, 1.54) is 11.3 Å². The van der Waals surface area contributed by atoms with Gasteiger partial charge in [-0.2, -0.15) is 0 Å². The number of hydrogen-bond donors (Lipinski definition) is 1. The summed E-state index contributed by atoms with van der Waals surface area (Å²) in [6.45, 7) is 2.03. The average Bonchev–Trinajstić information content (AvgIpc) is 3.36. The van der Waals surface area contributed by atoms with Crippen LogP contribution in [0.3, 0.4) is 0 Å². The van der Waals surface area contributed by atoms with Gasteiger partial charge in [0.1, 0.15) is 26.8 Å². The molecule has 8 heteroatoms. The summed E-state index contributed by atoms with van der Waals surface area (Å²) in [5, 5.41) is 6.56. The van der Waals surface area contributed by atoms with Crippen LogP contribution < -0.4 is 5.56 Å². The van der Waals surface area contributed by atoms with E-state index >= 15 is 0 Å². The van der Waals surface area contributed by atoms with E-state index in [1.807, 2.05) is 54.1 Å². The molecule has 0 aliphatic carbocycles. The van der Waals surface area contributed by atoms with Crippen molar-refractivity contribution in [1.29, 1.82) is 0 Å². The van der Waals surface area contributed by atoms with Gasteiger partial charge in [0.2, 0.25) is 0 Å². The summed E-state index contributed by atoms with van der Waals surface area (Å²) in [6.07, 6.45) is 1.58. The Labute approximate surface area is 172 Å². The standard InChI is InChI=1S/C20H14N4OS3/c1-11(28-19-13-7-8-26-18(13)21-10-22-19)16-23-17(25)15-14(9-27-20(15)24-16)12-5-3-2-4-6-12/h2-11H,1H3,(H,23,24,25). The fourth-order valence-corrected chi connectivity index (χ4v) is 5.78. The molecule has 0 aliphatic rings. The van der Waals surface area contributed by atoms with Gasteiger partial charge in [-0.05, 0) is 23.9 Å². The second-order valence-corrected chi connectivity index (χ2v) is 9.31. The van der Waals surface area contributed by atoms with Crippen LogP contribution >= 0.6 is 34.4 Å². The monoisotopic (exact) mass is 422 g/mol. The Balaban J connectivity index is 1.53. The number of thioether (sulfide) groups is 1. The summed E-state index contributed by atoms with van der Waals surface area (Å²) in [7, 11) is 0. The van der Waals surface area contributed by atoms with E-state index in [9.17, 15) is 4.79 Å². The Bertz CT molecular complexity index is 1340. The molecule has 138 valence electrons. The smallest absolute Gasteiger partial charge is 0.260 e. The zero-order valence-electron chi connectivity index (χ0n) is 14.7. The van der Waals surface area contributed by atoms with Crippen LogP contribution in [-0.2, 0) is 0 Å². The first-order valence-corrected chi connectivity index (χ1v) is 11.3. The molecule has 1 unspecified atom stereocenters. The zero-order chi connectivity index (χ0) is 19.1. The summed E-state index contributed by atoms with van der Waals surface area (Å²) in [5.41, 5.74) is 1.85. The van der Waals surface area contributed by atoms with Crippen LogP contribution in [0.15, 0.2) is 63.3 Å². The molecule has 28 heavy (non-hydrogen) atoms. The SMILES string of the molecule is CC(Sc1ncnc2sccc12)c1nc2scc(-c3ccccc3)c2c(=O)[nH]1. The van der Waals surface area contributed by atoms with Crippen molar-refractivity contribution < 1.29 is 0 Å².